The van der Waals surface area contributed by atoms with E-state index in [0.717, 1.165) is 18.8 Å². The highest BCUT2D eigenvalue weighted by molar-refractivity contribution is 5.69. The highest BCUT2D eigenvalue weighted by Crippen LogP contribution is 2.28. The molecule has 0 bridgehead atoms. The molecule has 0 fully saturated rings. The maximum Gasteiger partial charge on any atom is 0.0672 e. The zero-order chi connectivity index (χ0) is 14.7. The molecule has 2 aromatic rings. The molecule has 0 aliphatic rings. The highest BCUT2D eigenvalue weighted by atomic mass is 15.3. The predicted octanol–water partition coefficient (Wildman–Crippen LogP) is 3.86. The van der Waals surface area contributed by atoms with E-state index in [1.165, 1.54) is 22.3 Å². The Kier molecular flexibility index (Phi) is 4.61. The number of benzene rings is 1. The Morgan fingerprint density at radius 3 is 2.55 bits per heavy atom. The molecule has 3 nitrogen and oxygen atoms in total. The Bertz CT molecular complexity index is 582. The molecule has 0 saturated carbocycles. The van der Waals surface area contributed by atoms with Crippen LogP contribution in [0.5, 0.6) is 0 Å². The van der Waals surface area contributed by atoms with Crippen LogP contribution in [0.3, 0.4) is 0 Å². The van der Waals surface area contributed by atoms with E-state index in [1.807, 2.05) is 4.68 Å². The minimum Gasteiger partial charge on any atom is -0.313 e. The molecule has 0 saturated heterocycles. The van der Waals surface area contributed by atoms with Gasteiger partial charge in [-0.15, -0.1) is 0 Å². The van der Waals surface area contributed by atoms with Gasteiger partial charge in [0.25, 0.3) is 0 Å². The van der Waals surface area contributed by atoms with Crippen LogP contribution in [0.4, 0.5) is 0 Å². The molecule has 3 heteroatoms. The molecule has 0 unspecified atom stereocenters. The number of nitrogens with zero attached hydrogens (tertiary/aromatic N) is 2. The quantitative estimate of drug-likeness (QED) is 0.895. The molecule has 0 amide bonds. The SMILES string of the molecule is CCNCc1ccc(C)c(-c2cn(C(C)C)nc2C)c1. The topological polar surface area (TPSA) is 29.9 Å². The van der Waals surface area contributed by atoms with E-state index < -0.39 is 0 Å². The van der Waals surface area contributed by atoms with Crippen molar-refractivity contribution in [2.75, 3.05) is 6.54 Å². The highest BCUT2D eigenvalue weighted by Gasteiger charge is 2.11. The predicted molar refractivity (Wildman–Crippen MR) is 84.9 cm³/mol. The summed E-state index contributed by atoms with van der Waals surface area (Å²) in [6.45, 7) is 12.6. The lowest BCUT2D eigenvalue weighted by molar-refractivity contribution is 0.529. The second kappa shape index (κ2) is 6.23. The number of rotatable bonds is 5. The van der Waals surface area contributed by atoms with Gasteiger partial charge in [-0.1, -0.05) is 19.1 Å². The first-order valence-corrected chi connectivity index (χ1v) is 7.39. The van der Waals surface area contributed by atoms with E-state index >= 15 is 0 Å². The molecule has 1 aromatic carbocycles. The minimum atomic E-state index is 0.396. The zero-order valence-electron chi connectivity index (χ0n) is 13.2. The van der Waals surface area contributed by atoms with Crippen LogP contribution in [0.2, 0.25) is 0 Å². The third kappa shape index (κ3) is 3.10. The van der Waals surface area contributed by atoms with Crippen LogP contribution in [-0.2, 0) is 6.54 Å². The normalized spacial score (nSPS) is 11.3. The molecule has 1 aromatic heterocycles. The summed E-state index contributed by atoms with van der Waals surface area (Å²) in [5.74, 6) is 0. The third-order valence-corrected chi connectivity index (χ3v) is 3.62. The number of aromatic nitrogens is 2. The van der Waals surface area contributed by atoms with Gasteiger partial charge in [-0.25, -0.2) is 0 Å². The lowest BCUT2D eigenvalue weighted by Gasteiger charge is -2.09. The Morgan fingerprint density at radius 1 is 1.20 bits per heavy atom. The third-order valence-electron chi connectivity index (χ3n) is 3.62. The van der Waals surface area contributed by atoms with E-state index in [4.69, 9.17) is 0 Å². The average Bonchev–Trinajstić information content (AvgIpc) is 2.80. The summed E-state index contributed by atoms with van der Waals surface area (Å²) in [6, 6.07) is 7.08. The smallest absolute Gasteiger partial charge is 0.0672 e. The van der Waals surface area contributed by atoms with Crippen molar-refractivity contribution in [1.82, 2.24) is 15.1 Å². The van der Waals surface area contributed by atoms with E-state index in [1.54, 1.807) is 0 Å². The van der Waals surface area contributed by atoms with Crippen LogP contribution in [0, 0.1) is 13.8 Å². The zero-order valence-corrected chi connectivity index (χ0v) is 13.2. The molecule has 108 valence electrons. The van der Waals surface area contributed by atoms with Gasteiger partial charge in [0.2, 0.25) is 0 Å². The number of hydrogen-bond donors (Lipinski definition) is 1. The first-order valence-electron chi connectivity index (χ1n) is 7.39. The Balaban J connectivity index is 2.40. The van der Waals surface area contributed by atoms with Gasteiger partial charge in [-0.05, 0) is 57.0 Å². The molecule has 2 rings (SSSR count). The Labute approximate surface area is 122 Å². The lowest BCUT2D eigenvalue weighted by atomic mass is 9.98. The Morgan fingerprint density at radius 2 is 1.95 bits per heavy atom. The van der Waals surface area contributed by atoms with Gasteiger partial charge in [-0.3, -0.25) is 4.68 Å². The molecule has 0 radical (unpaired) electrons. The minimum absolute atomic E-state index is 0.396. The van der Waals surface area contributed by atoms with Gasteiger partial charge in [0.15, 0.2) is 0 Å². The summed E-state index contributed by atoms with van der Waals surface area (Å²) < 4.78 is 2.04. The van der Waals surface area contributed by atoms with Crippen molar-refractivity contribution >= 4 is 0 Å². The summed E-state index contributed by atoms with van der Waals surface area (Å²) in [7, 11) is 0. The van der Waals surface area contributed by atoms with Crippen molar-refractivity contribution in [3.05, 3.63) is 41.2 Å². The van der Waals surface area contributed by atoms with Crippen LogP contribution in [0.15, 0.2) is 24.4 Å². The van der Waals surface area contributed by atoms with Gasteiger partial charge >= 0.3 is 0 Å². The molecule has 1 N–H and O–H groups in total. The van der Waals surface area contributed by atoms with E-state index in [9.17, 15) is 0 Å². The van der Waals surface area contributed by atoms with Crippen molar-refractivity contribution in [3.8, 4) is 11.1 Å². The van der Waals surface area contributed by atoms with Crippen molar-refractivity contribution in [2.24, 2.45) is 0 Å². The molecule has 1 heterocycles. The first-order chi connectivity index (χ1) is 9.52. The molecular weight excluding hydrogens is 246 g/mol. The molecule has 0 aliphatic carbocycles. The van der Waals surface area contributed by atoms with E-state index in [0.29, 0.717) is 6.04 Å². The van der Waals surface area contributed by atoms with Gasteiger partial charge in [-0.2, -0.15) is 5.10 Å². The van der Waals surface area contributed by atoms with Gasteiger partial charge in [0.05, 0.1) is 5.69 Å². The maximum atomic E-state index is 4.62. The fourth-order valence-corrected chi connectivity index (χ4v) is 2.35. The molecule has 0 aliphatic heterocycles. The second-order valence-electron chi connectivity index (χ2n) is 5.63. The molecule has 0 spiro atoms. The van der Waals surface area contributed by atoms with Gasteiger partial charge in [0, 0.05) is 24.3 Å². The molecule has 20 heavy (non-hydrogen) atoms. The van der Waals surface area contributed by atoms with Crippen molar-refractivity contribution in [2.45, 2.75) is 47.2 Å². The monoisotopic (exact) mass is 271 g/mol. The van der Waals surface area contributed by atoms with Crippen LogP contribution in [0.1, 0.15) is 43.6 Å². The average molecular weight is 271 g/mol. The van der Waals surface area contributed by atoms with E-state index in [2.05, 4.69) is 69.4 Å². The van der Waals surface area contributed by atoms with Gasteiger partial charge < -0.3 is 5.32 Å². The van der Waals surface area contributed by atoms with Crippen molar-refractivity contribution in [3.63, 3.8) is 0 Å². The summed E-state index contributed by atoms with van der Waals surface area (Å²) in [5.41, 5.74) is 6.27. The number of nitrogens with one attached hydrogen (secondary N) is 1. The first kappa shape index (κ1) is 14.8. The Hall–Kier alpha value is -1.61. The fourth-order valence-electron chi connectivity index (χ4n) is 2.35. The summed E-state index contributed by atoms with van der Waals surface area (Å²) in [6.07, 6.45) is 2.17. The molecular formula is C17H25N3. The van der Waals surface area contributed by atoms with Crippen molar-refractivity contribution in [1.29, 1.82) is 0 Å². The lowest BCUT2D eigenvalue weighted by Crippen LogP contribution is -2.11. The van der Waals surface area contributed by atoms with Gasteiger partial charge in [0.1, 0.15) is 0 Å². The van der Waals surface area contributed by atoms with Crippen LogP contribution in [-0.4, -0.2) is 16.3 Å². The fraction of sp³-hybridized carbons (Fsp3) is 0.471. The van der Waals surface area contributed by atoms with Crippen LogP contribution in [0.25, 0.3) is 11.1 Å². The maximum absolute atomic E-state index is 4.62. The number of aryl methyl sites for hydroxylation is 2. The largest absolute Gasteiger partial charge is 0.313 e. The second-order valence-corrected chi connectivity index (χ2v) is 5.63. The standard InChI is InChI=1S/C17H25N3/c1-6-18-10-15-8-7-13(4)16(9-15)17-11-20(12(2)3)19-14(17)5/h7-9,11-12,18H,6,10H2,1-5H3. The van der Waals surface area contributed by atoms with Crippen molar-refractivity contribution < 1.29 is 0 Å². The number of hydrogen-bond acceptors (Lipinski definition) is 2. The van der Waals surface area contributed by atoms with Crippen LogP contribution >= 0.6 is 0 Å². The summed E-state index contributed by atoms with van der Waals surface area (Å²) >= 11 is 0. The summed E-state index contributed by atoms with van der Waals surface area (Å²) in [5, 5.41) is 8.00. The van der Waals surface area contributed by atoms with Crippen LogP contribution < -0.4 is 5.32 Å². The molecule has 0 atom stereocenters. The summed E-state index contributed by atoms with van der Waals surface area (Å²) in [4.78, 5) is 0. The van der Waals surface area contributed by atoms with E-state index in [-0.39, 0.29) is 0 Å².